The summed E-state index contributed by atoms with van der Waals surface area (Å²) in [6.45, 7) is 8.07. The van der Waals surface area contributed by atoms with Crippen LogP contribution in [0.15, 0.2) is 72.7 Å². The van der Waals surface area contributed by atoms with Gasteiger partial charge in [0.05, 0.1) is 11.3 Å². The molecule has 0 bridgehead atoms. The van der Waals surface area contributed by atoms with Crippen LogP contribution in [0.25, 0.3) is 42.3 Å². The Labute approximate surface area is 271 Å². The standard InChI is InChI=1S/C22H13F2N2S.C13H24O2.Ir/c23-19(24)10-13-5-8-17-18(9-13)27-22-20(25-12-26-21(17)22)16-7-6-14-3-1-2-4-15(14)11-16;1-5-10(6-2)12(14)9-13(15)11(7-3)8-4;/h1-9,12,19H,10H2;9-11,14H,5-8H2,1-4H3;/q-1;;/b;12-9-;/i6D;;. The van der Waals surface area contributed by atoms with Gasteiger partial charge >= 0.3 is 0 Å². The van der Waals surface area contributed by atoms with E-state index in [2.05, 4.69) is 16.0 Å². The Morgan fingerprint density at radius 1 is 1.02 bits per heavy atom. The quantitative estimate of drug-likeness (QED) is 0.0871. The molecule has 0 saturated carbocycles. The van der Waals surface area contributed by atoms with Crippen molar-refractivity contribution in [3.05, 3.63) is 84.4 Å². The first kappa shape index (κ1) is 32.8. The molecular formula is C35H37F2IrN2O2S-. The van der Waals surface area contributed by atoms with Crippen molar-refractivity contribution in [2.75, 3.05) is 0 Å². The SMILES string of the molecule is CCC(CC)C(=O)/C=C(\O)C(CC)CC.[2H]c1cc(-c2ncnc3c2sc2cc(CC(F)F)ccc23)[c-]c2ccccc12.[Ir]. The van der Waals surface area contributed by atoms with E-state index in [0.29, 0.717) is 17.3 Å². The normalized spacial score (nSPS) is 12.1. The Bertz CT molecular complexity index is 1750. The van der Waals surface area contributed by atoms with E-state index in [1.165, 1.54) is 23.7 Å². The molecule has 0 aliphatic heterocycles. The van der Waals surface area contributed by atoms with Gasteiger partial charge in [-0.3, -0.25) is 9.78 Å². The summed E-state index contributed by atoms with van der Waals surface area (Å²) in [7, 11) is 0. The molecule has 0 spiro atoms. The third kappa shape index (κ3) is 8.31. The number of alkyl halides is 2. The molecule has 0 amide bonds. The minimum Gasteiger partial charge on any atom is -0.512 e. The second kappa shape index (κ2) is 16.1. The minimum absolute atomic E-state index is 0. The summed E-state index contributed by atoms with van der Waals surface area (Å²) in [5.41, 5.74) is 2.84. The van der Waals surface area contributed by atoms with Crippen LogP contribution in [0, 0.1) is 17.9 Å². The van der Waals surface area contributed by atoms with Crippen molar-refractivity contribution in [2.45, 2.75) is 66.2 Å². The van der Waals surface area contributed by atoms with E-state index in [1.54, 1.807) is 18.2 Å². The van der Waals surface area contributed by atoms with Crippen molar-refractivity contribution < 1.29 is 40.2 Å². The predicted molar refractivity (Wildman–Crippen MR) is 170 cm³/mol. The maximum atomic E-state index is 12.7. The van der Waals surface area contributed by atoms with Crippen LogP contribution in [0.2, 0.25) is 0 Å². The molecule has 1 radical (unpaired) electrons. The Balaban J connectivity index is 0.000000286. The zero-order chi connectivity index (χ0) is 31.1. The van der Waals surface area contributed by atoms with Crippen molar-refractivity contribution >= 4 is 48.2 Å². The molecule has 8 heteroatoms. The van der Waals surface area contributed by atoms with E-state index in [-0.39, 0.29) is 49.9 Å². The summed E-state index contributed by atoms with van der Waals surface area (Å²) >= 11 is 1.48. The predicted octanol–water partition coefficient (Wildman–Crippen LogP) is 10.1. The summed E-state index contributed by atoms with van der Waals surface area (Å²) in [4.78, 5) is 20.6. The van der Waals surface area contributed by atoms with Gasteiger partial charge in [0.25, 0.3) is 0 Å². The average molecular weight is 781 g/mol. The molecule has 0 saturated heterocycles. The van der Waals surface area contributed by atoms with Gasteiger partial charge in [-0.15, -0.1) is 41.0 Å². The van der Waals surface area contributed by atoms with Crippen molar-refractivity contribution in [1.29, 1.82) is 0 Å². The van der Waals surface area contributed by atoms with Gasteiger partial charge in [-0.05, 0) is 37.3 Å². The van der Waals surface area contributed by atoms with E-state index in [1.807, 2.05) is 58.0 Å². The van der Waals surface area contributed by atoms with Gasteiger partial charge in [-0.25, -0.2) is 13.8 Å². The van der Waals surface area contributed by atoms with Crippen LogP contribution < -0.4 is 0 Å². The molecule has 5 aromatic rings. The van der Waals surface area contributed by atoms with Crippen molar-refractivity contribution in [1.82, 2.24) is 9.97 Å². The number of hydrogen-bond donors (Lipinski definition) is 1. The van der Waals surface area contributed by atoms with Crippen LogP contribution in [0.3, 0.4) is 0 Å². The van der Waals surface area contributed by atoms with E-state index >= 15 is 0 Å². The monoisotopic (exact) mass is 781 g/mol. The van der Waals surface area contributed by atoms with Crippen molar-refractivity contribution in [3.8, 4) is 11.3 Å². The number of nitrogens with zero attached hydrogens (tertiary/aromatic N) is 2. The Morgan fingerprint density at radius 2 is 1.72 bits per heavy atom. The van der Waals surface area contributed by atoms with Gasteiger partial charge in [0.1, 0.15) is 6.33 Å². The Hall–Kier alpha value is -3.06. The maximum Gasteiger partial charge on any atom is 0.242 e. The van der Waals surface area contributed by atoms with Crippen molar-refractivity contribution in [2.24, 2.45) is 11.8 Å². The van der Waals surface area contributed by atoms with Crippen LogP contribution >= 0.6 is 11.3 Å². The number of carbonyl (C=O) groups excluding carboxylic acids is 1. The van der Waals surface area contributed by atoms with Crippen LogP contribution in [0.1, 0.15) is 60.3 Å². The van der Waals surface area contributed by atoms with Crippen LogP contribution in [0.5, 0.6) is 0 Å². The van der Waals surface area contributed by atoms with Gasteiger partial charge in [0.2, 0.25) is 6.43 Å². The second-order valence-corrected chi connectivity index (χ2v) is 11.4. The fraction of sp³-hybridized carbons (Fsp3) is 0.343. The van der Waals surface area contributed by atoms with Gasteiger partial charge in [0, 0.05) is 66.3 Å². The number of allylic oxidation sites excluding steroid dienone is 2. The molecule has 0 aliphatic rings. The number of aliphatic hydroxyl groups excluding tert-OH is 1. The molecule has 229 valence electrons. The molecule has 2 aromatic heterocycles. The first-order valence-electron chi connectivity index (χ1n) is 15.0. The summed E-state index contributed by atoms with van der Waals surface area (Å²) in [6.07, 6.45) is 3.78. The third-order valence-electron chi connectivity index (χ3n) is 7.61. The number of rotatable bonds is 10. The van der Waals surface area contributed by atoms with E-state index < -0.39 is 6.43 Å². The molecule has 1 N–H and O–H groups in total. The Kier molecular flexibility index (Phi) is 12.3. The minimum atomic E-state index is -2.37. The molecule has 0 aliphatic carbocycles. The van der Waals surface area contributed by atoms with E-state index in [4.69, 9.17) is 1.37 Å². The number of benzene rings is 3. The number of hydrogen-bond acceptors (Lipinski definition) is 5. The fourth-order valence-electron chi connectivity index (χ4n) is 5.07. The zero-order valence-electron chi connectivity index (χ0n) is 25.8. The zero-order valence-corrected chi connectivity index (χ0v) is 28.0. The molecule has 0 fully saturated rings. The van der Waals surface area contributed by atoms with Gasteiger partial charge < -0.3 is 5.11 Å². The number of aliphatic hydroxyl groups is 1. The van der Waals surface area contributed by atoms with Crippen LogP contribution in [0.4, 0.5) is 8.78 Å². The molecule has 4 nitrogen and oxygen atoms in total. The number of aromatic nitrogens is 2. The van der Waals surface area contributed by atoms with Gasteiger partial charge in [0.15, 0.2) is 5.78 Å². The van der Waals surface area contributed by atoms with Crippen molar-refractivity contribution in [3.63, 3.8) is 0 Å². The second-order valence-electron chi connectivity index (χ2n) is 10.3. The fourth-order valence-corrected chi connectivity index (χ4v) is 6.30. The summed E-state index contributed by atoms with van der Waals surface area (Å²) in [6, 6.07) is 18.6. The maximum absolute atomic E-state index is 12.7. The first-order chi connectivity index (χ1) is 20.7. The van der Waals surface area contributed by atoms with Gasteiger partial charge in [-0.1, -0.05) is 69.0 Å². The summed E-state index contributed by atoms with van der Waals surface area (Å²) in [5.74, 6) is 0.547. The number of fused-ring (bicyclic) bond motifs is 4. The molecule has 0 unspecified atom stereocenters. The summed E-state index contributed by atoms with van der Waals surface area (Å²) in [5, 5.41) is 12.4. The topological polar surface area (TPSA) is 63.1 Å². The van der Waals surface area contributed by atoms with Crippen LogP contribution in [-0.4, -0.2) is 27.3 Å². The molecular weight excluding hydrogens is 743 g/mol. The van der Waals surface area contributed by atoms with E-state index in [9.17, 15) is 18.7 Å². The summed E-state index contributed by atoms with van der Waals surface area (Å²) < 4.78 is 35.6. The number of thiophene rings is 1. The number of halogens is 2. The largest absolute Gasteiger partial charge is 0.512 e. The Morgan fingerprint density at radius 3 is 2.40 bits per heavy atom. The molecule has 0 atom stereocenters. The smallest absolute Gasteiger partial charge is 0.242 e. The molecule has 5 rings (SSSR count). The van der Waals surface area contributed by atoms with E-state index in [0.717, 1.165) is 62.3 Å². The number of ketones is 1. The number of carbonyl (C=O) groups is 1. The van der Waals surface area contributed by atoms with Crippen LogP contribution in [-0.2, 0) is 31.3 Å². The molecule has 3 aromatic carbocycles. The van der Waals surface area contributed by atoms with Gasteiger partial charge in [-0.2, -0.15) is 0 Å². The third-order valence-corrected chi connectivity index (χ3v) is 8.76. The first-order valence-corrected chi connectivity index (χ1v) is 15.3. The molecule has 2 heterocycles. The average Bonchev–Trinajstić information content (AvgIpc) is 3.36. The molecule has 43 heavy (non-hydrogen) atoms.